The molecule has 0 saturated heterocycles. The highest BCUT2D eigenvalue weighted by atomic mass is 16.4. The summed E-state index contributed by atoms with van der Waals surface area (Å²) in [6.07, 6.45) is -6.45. The predicted molar refractivity (Wildman–Crippen MR) is 60.1 cm³/mol. The summed E-state index contributed by atoms with van der Waals surface area (Å²) >= 11 is 0. The zero-order valence-electron chi connectivity index (χ0n) is 10.2. The quantitative estimate of drug-likeness (QED) is 0.250. The Morgan fingerprint density at radius 1 is 1.05 bits per heavy atom. The van der Waals surface area contributed by atoms with E-state index in [-0.39, 0.29) is 5.48 Å². The average Bonchev–Trinajstić information content (AvgIpc) is 2.35. The maximum Gasteiger partial charge on any atom is 0.332 e. The van der Waals surface area contributed by atoms with Crippen LogP contribution in [0.25, 0.3) is 0 Å². The van der Waals surface area contributed by atoms with Crippen molar-refractivity contribution in [2.24, 2.45) is 0 Å². The van der Waals surface area contributed by atoms with Gasteiger partial charge in [0.25, 0.3) is 0 Å². The Hall–Kier alpha value is -1.14. The zero-order valence-corrected chi connectivity index (χ0v) is 10.2. The lowest BCUT2D eigenvalue weighted by Gasteiger charge is -2.19. The average molecular weight is 288 g/mol. The van der Waals surface area contributed by atoms with Crippen LogP contribution in [0.1, 0.15) is 6.92 Å². The Kier molecular flexibility index (Phi) is 14.4. The topological polar surface area (TPSA) is 207 Å². The minimum atomic E-state index is -1.86. The van der Waals surface area contributed by atoms with Crippen LogP contribution < -0.4 is 0 Å². The molecule has 0 saturated carbocycles. The molecule has 10 heteroatoms. The maximum absolute atomic E-state index is 10.5. The SMILES string of the molecule is CC(O)C(=O)O.O.O=C(CO)[C@@H](O)[C@H](O)[C@H](O)CO. The fourth-order valence-corrected chi connectivity index (χ4v) is 0.602. The number of carboxylic acids is 1. The number of hydrogen-bond acceptors (Lipinski definition) is 8. The third-order valence-corrected chi connectivity index (χ3v) is 1.75. The van der Waals surface area contributed by atoms with Crippen molar-refractivity contribution in [2.45, 2.75) is 31.3 Å². The van der Waals surface area contributed by atoms with Crippen LogP contribution in [0.3, 0.4) is 0 Å². The van der Waals surface area contributed by atoms with E-state index >= 15 is 0 Å². The monoisotopic (exact) mass is 288 g/mol. The van der Waals surface area contributed by atoms with Crippen LogP contribution >= 0.6 is 0 Å². The van der Waals surface area contributed by atoms with Crippen LogP contribution in [0, 0.1) is 0 Å². The van der Waals surface area contributed by atoms with Crippen LogP contribution in [-0.4, -0.2) is 90.6 Å². The Morgan fingerprint density at radius 2 is 1.42 bits per heavy atom. The molecule has 1 unspecified atom stereocenters. The summed E-state index contributed by atoms with van der Waals surface area (Å²) in [5.41, 5.74) is 0. The fourth-order valence-electron chi connectivity index (χ4n) is 0.602. The van der Waals surface area contributed by atoms with E-state index in [0.29, 0.717) is 0 Å². The van der Waals surface area contributed by atoms with Crippen molar-refractivity contribution in [3.63, 3.8) is 0 Å². The van der Waals surface area contributed by atoms with E-state index in [2.05, 4.69) is 0 Å². The molecule has 0 radical (unpaired) electrons. The molecule has 0 amide bonds. The third-order valence-electron chi connectivity index (χ3n) is 1.75. The maximum atomic E-state index is 10.5. The molecule has 0 heterocycles. The van der Waals surface area contributed by atoms with Crippen molar-refractivity contribution < 1.29 is 50.8 Å². The molecule has 9 N–H and O–H groups in total. The molecule has 4 atom stereocenters. The van der Waals surface area contributed by atoms with Gasteiger partial charge in [-0.25, -0.2) is 4.79 Å². The lowest BCUT2D eigenvalue weighted by molar-refractivity contribution is -0.145. The van der Waals surface area contributed by atoms with Crippen molar-refractivity contribution in [3.8, 4) is 0 Å². The van der Waals surface area contributed by atoms with Crippen molar-refractivity contribution in [1.82, 2.24) is 0 Å². The first-order chi connectivity index (χ1) is 8.18. The number of ketones is 1. The minimum absolute atomic E-state index is 0. The molecule has 0 aromatic carbocycles. The highest BCUT2D eigenvalue weighted by molar-refractivity contribution is 5.84. The molecule has 0 spiro atoms. The van der Waals surface area contributed by atoms with Crippen LogP contribution in [0.5, 0.6) is 0 Å². The van der Waals surface area contributed by atoms with Gasteiger partial charge in [0, 0.05) is 0 Å². The van der Waals surface area contributed by atoms with Gasteiger partial charge in [-0.2, -0.15) is 0 Å². The number of rotatable bonds is 6. The van der Waals surface area contributed by atoms with E-state index in [1.54, 1.807) is 0 Å². The van der Waals surface area contributed by atoms with Crippen LogP contribution in [-0.2, 0) is 9.59 Å². The smallest absolute Gasteiger partial charge is 0.332 e. The van der Waals surface area contributed by atoms with E-state index in [0.717, 1.165) is 0 Å². The molecule has 116 valence electrons. The molecular weight excluding hydrogens is 268 g/mol. The first-order valence-corrected chi connectivity index (χ1v) is 4.88. The van der Waals surface area contributed by atoms with E-state index in [4.69, 9.17) is 35.7 Å². The molecular formula is C9H20O10. The van der Waals surface area contributed by atoms with E-state index < -0.39 is 49.4 Å². The summed E-state index contributed by atoms with van der Waals surface area (Å²) < 4.78 is 0. The molecule has 10 nitrogen and oxygen atoms in total. The summed E-state index contributed by atoms with van der Waals surface area (Å²) in [4.78, 5) is 20.0. The second kappa shape index (κ2) is 11.9. The van der Waals surface area contributed by atoms with Crippen molar-refractivity contribution in [1.29, 1.82) is 0 Å². The summed E-state index contributed by atoms with van der Waals surface area (Å²) in [5.74, 6) is -2.19. The standard InChI is InChI=1S/C6H12O6.C3H6O3.H2O/c7-1-3(9)5(11)6(12)4(10)2-8;1-2(4)3(5)6;/h3,5-9,11-12H,1-2H2;2,4H,1H3,(H,5,6);1H2/t3-,5-,6-;;/m1../s1. The van der Waals surface area contributed by atoms with Crippen molar-refractivity contribution >= 4 is 11.8 Å². The lowest BCUT2D eigenvalue weighted by Crippen LogP contribution is -2.44. The Labute approximate surface area is 108 Å². The lowest BCUT2D eigenvalue weighted by atomic mass is 10.1. The molecule has 0 rings (SSSR count). The van der Waals surface area contributed by atoms with Crippen molar-refractivity contribution in [3.05, 3.63) is 0 Å². The van der Waals surface area contributed by atoms with Gasteiger partial charge in [-0.3, -0.25) is 4.79 Å². The first kappa shape index (κ1) is 23.0. The van der Waals surface area contributed by atoms with Gasteiger partial charge in [-0.15, -0.1) is 0 Å². The molecule has 0 fully saturated rings. The highest BCUT2D eigenvalue weighted by Gasteiger charge is 2.28. The predicted octanol–water partition coefficient (Wildman–Crippen LogP) is -4.75. The summed E-state index contributed by atoms with van der Waals surface area (Å²) in [6.45, 7) is -0.490. The minimum Gasteiger partial charge on any atom is -0.479 e. The molecule has 0 aliphatic carbocycles. The number of carbonyl (C=O) groups is 2. The number of aliphatic carboxylic acids is 1. The number of aliphatic hydroxyl groups excluding tert-OH is 6. The third kappa shape index (κ3) is 10.5. The molecule has 0 aliphatic rings. The van der Waals surface area contributed by atoms with Crippen LogP contribution in [0.15, 0.2) is 0 Å². The summed E-state index contributed by atoms with van der Waals surface area (Å²) in [6, 6.07) is 0. The summed E-state index contributed by atoms with van der Waals surface area (Å²) in [7, 11) is 0. The Morgan fingerprint density at radius 3 is 1.63 bits per heavy atom. The van der Waals surface area contributed by atoms with Gasteiger partial charge in [0.1, 0.15) is 31.0 Å². The second-order valence-corrected chi connectivity index (χ2v) is 3.32. The van der Waals surface area contributed by atoms with Gasteiger partial charge in [0.05, 0.1) is 6.61 Å². The van der Waals surface area contributed by atoms with Gasteiger partial charge in [0.15, 0.2) is 5.78 Å². The van der Waals surface area contributed by atoms with E-state index in [1.165, 1.54) is 6.92 Å². The number of hydrogen-bond donors (Lipinski definition) is 7. The van der Waals surface area contributed by atoms with Gasteiger partial charge >= 0.3 is 5.97 Å². The number of carbonyl (C=O) groups excluding carboxylic acids is 1. The Bertz CT molecular complexity index is 253. The molecule has 0 aromatic rings. The number of aliphatic hydroxyl groups is 6. The molecule has 0 aliphatic heterocycles. The molecule has 19 heavy (non-hydrogen) atoms. The van der Waals surface area contributed by atoms with Gasteiger partial charge in [-0.1, -0.05) is 0 Å². The number of carboxylic acid groups (broad SMARTS) is 1. The second-order valence-electron chi connectivity index (χ2n) is 3.32. The van der Waals surface area contributed by atoms with Gasteiger partial charge in [-0.05, 0) is 6.92 Å². The normalized spacial score (nSPS) is 15.9. The van der Waals surface area contributed by atoms with Crippen molar-refractivity contribution in [2.75, 3.05) is 13.2 Å². The molecule has 0 aromatic heterocycles. The zero-order chi connectivity index (χ0) is 14.9. The van der Waals surface area contributed by atoms with Gasteiger partial charge < -0.3 is 41.2 Å². The fraction of sp³-hybridized carbons (Fsp3) is 0.778. The van der Waals surface area contributed by atoms with Gasteiger partial charge in [0.2, 0.25) is 0 Å². The number of Topliss-reactive ketones (excluding diaryl/α,β-unsaturated/α-hetero) is 1. The summed E-state index contributed by atoms with van der Waals surface area (Å²) in [5, 5.41) is 58.8. The van der Waals surface area contributed by atoms with Crippen LogP contribution in [0.2, 0.25) is 0 Å². The van der Waals surface area contributed by atoms with Crippen LogP contribution in [0.4, 0.5) is 0 Å². The largest absolute Gasteiger partial charge is 0.479 e. The first-order valence-electron chi connectivity index (χ1n) is 4.88. The van der Waals surface area contributed by atoms with E-state index in [9.17, 15) is 9.59 Å². The Balaban J connectivity index is -0.000000313. The molecule has 0 bridgehead atoms. The highest BCUT2D eigenvalue weighted by Crippen LogP contribution is 2.00. The van der Waals surface area contributed by atoms with E-state index in [1.807, 2.05) is 0 Å².